The second kappa shape index (κ2) is 6.02. The number of rotatable bonds is 4. The lowest BCUT2D eigenvalue weighted by Gasteiger charge is -2.39. The third-order valence-electron chi connectivity index (χ3n) is 4.53. The first-order valence-corrected chi connectivity index (χ1v) is 7.29. The molecule has 3 N–H and O–H groups in total. The van der Waals surface area contributed by atoms with Crippen molar-refractivity contribution in [3.63, 3.8) is 0 Å². The van der Waals surface area contributed by atoms with Crippen LogP contribution in [0.3, 0.4) is 0 Å². The van der Waals surface area contributed by atoms with Crippen molar-refractivity contribution in [3.8, 4) is 0 Å². The molecule has 0 radical (unpaired) electrons. The summed E-state index contributed by atoms with van der Waals surface area (Å²) in [6.45, 7) is 3.34. The van der Waals surface area contributed by atoms with Crippen molar-refractivity contribution >= 4 is 5.91 Å². The second-order valence-electron chi connectivity index (χ2n) is 6.17. The van der Waals surface area contributed by atoms with Crippen LogP contribution in [0.15, 0.2) is 0 Å². The number of aliphatic hydroxyl groups is 1. The average Bonchev–Trinajstić information content (AvgIpc) is 2.85. The van der Waals surface area contributed by atoms with Gasteiger partial charge in [-0.3, -0.25) is 4.79 Å². The number of amides is 1. The second-order valence-corrected chi connectivity index (χ2v) is 6.17. The van der Waals surface area contributed by atoms with Gasteiger partial charge in [0, 0.05) is 12.5 Å². The highest BCUT2D eigenvalue weighted by Crippen LogP contribution is 2.31. The van der Waals surface area contributed by atoms with Gasteiger partial charge in [0.2, 0.25) is 5.91 Å². The van der Waals surface area contributed by atoms with Crippen LogP contribution in [0.25, 0.3) is 0 Å². The van der Waals surface area contributed by atoms with E-state index in [1.807, 2.05) is 0 Å². The van der Waals surface area contributed by atoms with Crippen LogP contribution in [0.5, 0.6) is 0 Å². The van der Waals surface area contributed by atoms with Crippen molar-refractivity contribution in [2.45, 2.75) is 63.5 Å². The van der Waals surface area contributed by atoms with Gasteiger partial charge < -0.3 is 15.7 Å². The minimum Gasteiger partial charge on any atom is -0.394 e. The third kappa shape index (κ3) is 3.45. The Morgan fingerprint density at radius 3 is 2.67 bits per heavy atom. The van der Waals surface area contributed by atoms with Crippen LogP contribution in [0.1, 0.15) is 51.9 Å². The molecule has 18 heavy (non-hydrogen) atoms. The molecule has 0 aromatic carbocycles. The fourth-order valence-electron chi connectivity index (χ4n) is 3.14. The van der Waals surface area contributed by atoms with E-state index < -0.39 is 0 Å². The van der Waals surface area contributed by atoms with E-state index in [1.54, 1.807) is 0 Å². The third-order valence-corrected chi connectivity index (χ3v) is 4.53. The molecule has 1 unspecified atom stereocenters. The van der Waals surface area contributed by atoms with Gasteiger partial charge >= 0.3 is 0 Å². The number of carbonyl (C=O) groups excluding carboxylic acids is 1. The summed E-state index contributed by atoms with van der Waals surface area (Å²) in [5.74, 6) is 0.816. The first-order chi connectivity index (χ1) is 8.63. The lowest BCUT2D eigenvalue weighted by atomic mass is 9.77. The van der Waals surface area contributed by atoms with E-state index >= 15 is 0 Å². The lowest BCUT2D eigenvalue weighted by molar-refractivity contribution is -0.124. The summed E-state index contributed by atoms with van der Waals surface area (Å²) >= 11 is 0. The quantitative estimate of drug-likeness (QED) is 0.706. The number of hydrogen-bond donors (Lipinski definition) is 3. The van der Waals surface area contributed by atoms with Crippen LogP contribution in [-0.4, -0.2) is 35.7 Å². The fraction of sp³-hybridized carbons (Fsp3) is 0.929. The van der Waals surface area contributed by atoms with Gasteiger partial charge in [-0.05, 0) is 51.0 Å². The van der Waals surface area contributed by atoms with Crippen LogP contribution < -0.4 is 10.6 Å². The van der Waals surface area contributed by atoms with Gasteiger partial charge in [0.1, 0.15) is 0 Å². The van der Waals surface area contributed by atoms with Gasteiger partial charge in [0.15, 0.2) is 0 Å². The molecule has 2 aliphatic rings. The SMILES string of the molecule is CC1CCC(CO)(NC(=O)CC2CCCN2)CC1. The maximum Gasteiger partial charge on any atom is 0.222 e. The van der Waals surface area contributed by atoms with Gasteiger partial charge in [0.05, 0.1) is 12.1 Å². The molecule has 0 spiro atoms. The molecule has 1 aliphatic carbocycles. The largest absolute Gasteiger partial charge is 0.394 e. The molecular weight excluding hydrogens is 228 g/mol. The molecule has 1 heterocycles. The minimum atomic E-state index is -0.345. The highest BCUT2D eigenvalue weighted by atomic mass is 16.3. The van der Waals surface area contributed by atoms with E-state index in [2.05, 4.69) is 17.6 Å². The number of carbonyl (C=O) groups is 1. The molecule has 104 valence electrons. The molecule has 1 saturated carbocycles. The van der Waals surface area contributed by atoms with Crippen LogP contribution in [0, 0.1) is 5.92 Å². The van der Waals surface area contributed by atoms with E-state index in [0.29, 0.717) is 12.5 Å². The Morgan fingerprint density at radius 1 is 1.39 bits per heavy atom. The summed E-state index contributed by atoms with van der Waals surface area (Å²) in [5, 5.41) is 16.0. The van der Waals surface area contributed by atoms with Crippen LogP contribution >= 0.6 is 0 Å². The standard InChI is InChI=1S/C14H26N2O2/c1-11-4-6-14(10-17,7-5-11)16-13(18)9-12-3-2-8-15-12/h11-12,15,17H,2-10H2,1H3,(H,16,18). The summed E-state index contributed by atoms with van der Waals surface area (Å²) in [7, 11) is 0. The average molecular weight is 254 g/mol. The molecule has 2 fully saturated rings. The fourth-order valence-corrected chi connectivity index (χ4v) is 3.14. The topological polar surface area (TPSA) is 61.4 Å². The predicted molar refractivity (Wildman–Crippen MR) is 71.2 cm³/mol. The van der Waals surface area contributed by atoms with Crippen molar-refractivity contribution < 1.29 is 9.90 Å². The Labute approximate surface area is 110 Å². The molecule has 4 nitrogen and oxygen atoms in total. The minimum absolute atomic E-state index is 0.0730. The molecular formula is C14H26N2O2. The lowest BCUT2D eigenvalue weighted by Crippen LogP contribution is -2.54. The molecule has 4 heteroatoms. The van der Waals surface area contributed by atoms with E-state index in [1.165, 1.54) is 6.42 Å². The molecule has 2 rings (SSSR count). The summed E-state index contributed by atoms with van der Waals surface area (Å²) < 4.78 is 0. The van der Waals surface area contributed by atoms with E-state index in [-0.39, 0.29) is 18.1 Å². The number of nitrogens with one attached hydrogen (secondary N) is 2. The molecule has 1 amide bonds. The van der Waals surface area contributed by atoms with Crippen molar-refractivity contribution in [2.75, 3.05) is 13.2 Å². The monoisotopic (exact) mass is 254 g/mol. The molecule has 1 atom stereocenters. The van der Waals surface area contributed by atoms with Crippen molar-refractivity contribution in [1.82, 2.24) is 10.6 Å². The van der Waals surface area contributed by atoms with E-state index in [0.717, 1.165) is 44.6 Å². The van der Waals surface area contributed by atoms with E-state index in [4.69, 9.17) is 0 Å². The maximum absolute atomic E-state index is 12.1. The Balaban J connectivity index is 1.83. The first-order valence-electron chi connectivity index (χ1n) is 7.29. The van der Waals surface area contributed by atoms with Crippen molar-refractivity contribution in [2.24, 2.45) is 5.92 Å². The Bertz CT molecular complexity index is 280. The molecule has 0 bridgehead atoms. The van der Waals surface area contributed by atoms with Gasteiger partial charge in [0.25, 0.3) is 0 Å². The normalized spacial score (nSPS) is 36.6. The Morgan fingerprint density at radius 2 is 2.11 bits per heavy atom. The molecule has 0 aromatic heterocycles. The van der Waals surface area contributed by atoms with Gasteiger partial charge in [-0.1, -0.05) is 6.92 Å². The van der Waals surface area contributed by atoms with Crippen LogP contribution in [-0.2, 0) is 4.79 Å². The molecule has 1 saturated heterocycles. The van der Waals surface area contributed by atoms with Crippen molar-refractivity contribution in [1.29, 1.82) is 0 Å². The number of aliphatic hydroxyl groups excluding tert-OH is 1. The zero-order chi connectivity index (χ0) is 13.0. The summed E-state index contributed by atoms with van der Waals surface area (Å²) in [4.78, 5) is 12.1. The Kier molecular flexibility index (Phi) is 4.62. The highest BCUT2D eigenvalue weighted by Gasteiger charge is 2.35. The summed E-state index contributed by atoms with van der Waals surface area (Å²) in [5.41, 5.74) is -0.345. The maximum atomic E-state index is 12.1. The molecule has 1 aliphatic heterocycles. The van der Waals surface area contributed by atoms with Crippen LogP contribution in [0.4, 0.5) is 0 Å². The van der Waals surface area contributed by atoms with Crippen LogP contribution in [0.2, 0.25) is 0 Å². The number of hydrogen-bond acceptors (Lipinski definition) is 3. The van der Waals surface area contributed by atoms with Gasteiger partial charge in [-0.15, -0.1) is 0 Å². The smallest absolute Gasteiger partial charge is 0.222 e. The summed E-state index contributed by atoms with van der Waals surface area (Å²) in [6.07, 6.45) is 6.84. The van der Waals surface area contributed by atoms with Gasteiger partial charge in [-0.25, -0.2) is 0 Å². The zero-order valence-electron chi connectivity index (χ0n) is 11.4. The first kappa shape index (κ1) is 13.8. The Hall–Kier alpha value is -0.610. The van der Waals surface area contributed by atoms with E-state index in [9.17, 15) is 9.90 Å². The van der Waals surface area contributed by atoms with Crippen molar-refractivity contribution in [3.05, 3.63) is 0 Å². The van der Waals surface area contributed by atoms with Gasteiger partial charge in [-0.2, -0.15) is 0 Å². The predicted octanol–water partition coefficient (Wildman–Crippen LogP) is 1.19. The summed E-state index contributed by atoms with van der Waals surface area (Å²) in [6, 6.07) is 0.336. The molecule has 0 aromatic rings. The highest BCUT2D eigenvalue weighted by molar-refractivity contribution is 5.77. The zero-order valence-corrected chi connectivity index (χ0v) is 11.4.